The number of hydrogen-bond acceptors (Lipinski definition) is 6. The highest BCUT2D eigenvalue weighted by molar-refractivity contribution is 5.91. The molecule has 1 aromatic heterocycles. The van der Waals surface area contributed by atoms with Crippen LogP contribution in [0.3, 0.4) is 0 Å². The second-order valence-electron chi connectivity index (χ2n) is 9.37. The summed E-state index contributed by atoms with van der Waals surface area (Å²) in [5.74, 6) is 1.25. The molecule has 0 radical (unpaired) electrons. The molecule has 0 spiro atoms. The molecule has 2 heterocycles. The Labute approximate surface area is 191 Å². The van der Waals surface area contributed by atoms with Crippen molar-refractivity contribution < 1.29 is 0 Å². The lowest BCUT2D eigenvalue weighted by molar-refractivity contribution is 0.589. The van der Waals surface area contributed by atoms with Crippen LogP contribution in [0.15, 0.2) is 36.5 Å². The van der Waals surface area contributed by atoms with Gasteiger partial charge in [-0.1, -0.05) is 12.8 Å². The van der Waals surface area contributed by atoms with Gasteiger partial charge in [0.25, 0.3) is 0 Å². The third kappa shape index (κ3) is 4.11. The molecule has 1 saturated heterocycles. The minimum atomic E-state index is 0.580. The lowest BCUT2D eigenvalue weighted by atomic mass is 9.91. The van der Waals surface area contributed by atoms with Crippen molar-refractivity contribution in [3.8, 4) is 0 Å². The Bertz CT molecular complexity index is 1080. The predicted octanol–water partition coefficient (Wildman–Crippen LogP) is 4.82. The zero-order valence-electron chi connectivity index (χ0n) is 19.5. The highest BCUT2D eigenvalue weighted by atomic mass is 15.2. The number of nitrogens with one attached hydrogen (secondary N) is 2. The first kappa shape index (κ1) is 21.0. The monoisotopic (exact) mass is 430 g/mol. The maximum absolute atomic E-state index is 5.06. The van der Waals surface area contributed by atoms with Crippen molar-refractivity contribution in [2.45, 2.75) is 38.5 Å². The number of fused-ring (bicyclic) bond motifs is 1. The first-order chi connectivity index (χ1) is 15.6. The standard InChI is InChI=1S/C26H34N6/c1-18-16-23(31(2)3)24(19-6-4-5-7-19)25-22(18)17-28-26(30-25)29-20-8-10-21(11-9-20)32-14-12-27-13-15-32/h8-11,16-17,19,27H,4-7,12-15H2,1-3H3,(H,28,29,30). The lowest BCUT2D eigenvalue weighted by Crippen LogP contribution is -2.43. The number of piperazine rings is 1. The number of anilines is 4. The van der Waals surface area contributed by atoms with Crippen LogP contribution in [0, 0.1) is 6.92 Å². The topological polar surface area (TPSA) is 56.3 Å². The number of aromatic nitrogens is 2. The quantitative estimate of drug-likeness (QED) is 0.606. The zero-order chi connectivity index (χ0) is 22.1. The van der Waals surface area contributed by atoms with E-state index in [-0.39, 0.29) is 0 Å². The number of aryl methyl sites for hydroxylation is 1. The third-order valence-electron chi connectivity index (χ3n) is 6.95. The number of hydrogen-bond donors (Lipinski definition) is 2. The van der Waals surface area contributed by atoms with E-state index in [1.807, 2.05) is 6.20 Å². The van der Waals surface area contributed by atoms with E-state index in [1.54, 1.807) is 0 Å². The van der Waals surface area contributed by atoms with Crippen molar-refractivity contribution in [1.82, 2.24) is 15.3 Å². The summed E-state index contributed by atoms with van der Waals surface area (Å²) in [6.45, 7) is 6.36. The van der Waals surface area contributed by atoms with Gasteiger partial charge in [0, 0.05) is 74.5 Å². The van der Waals surface area contributed by atoms with Crippen LogP contribution in [0.4, 0.5) is 23.0 Å². The Kier molecular flexibility index (Phi) is 5.87. The van der Waals surface area contributed by atoms with Gasteiger partial charge in [0.05, 0.1) is 5.52 Å². The summed E-state index contributed by atoms with van der Waals surface area (Å²) in [4.78, 5) is 14.4. The van der Waals surface area contributed by atoms with E-state index in [4.69, 9.17) is 4.98 Å². The highest BCUT2D eigenvalue weighted by Gasteiger charge is 2.25. The van der Waals surface area contributed by atoms with Crippen molar-refractivity contribution in [1.29, 1.82) is 0 Å². The summed E-state index contributed by atoms with van der Waals surface area (Å²) in [6, 6.07) is 10.9. The van der Waals surface area contributed by atoms with Crippen molar-refractivity contribution in [2.24, 2.45) is 0 Å². The van der Waals surface area contributed by atoms with E-state index in [0.29, 0.717) is 11.9 Å². The van der Waals surface area contributed by atoms with E-state index in [1.165, 1.54) is 48.2 Å². The van der Waals surface area contributed by atoms with Crippen LogP contribution in [0.2, 0.25) is 0 Å². The lowest BCUT2D eigenvalue weighted by Gasteiger charge is -2.29. The van der Waals surface area contributed by atoms with E-state index >= 15 is 0 Å². The van der Waals surface area contributed by atoms with Gasteiger partial charge in [-0.15, -0.1) is 0 Å². The summed E-state index contributed by atoms with van der Waals surface area (Å²) >= 11 is 0. The SMILES string of the molecule is Cc1cc(N(C)C)c(C2CCCC2)c2nc(Nc3ccc(N4CCNCC4)cc3)ncc12. The number of benzene rings is 2. The van der Waals surface area contributed by atoms with Gasteiger partial charge in [0.1, 0.15) is 0 Å². The normalized spacial score (nSPS) is 17.2. The molecule has 3 aromatic rings. The van der Waals surface area contributed by atoms with Crippen LogP contribution in [0.25, 0.3) is 10.9 Å². The Morgan fingerprint density at radius 3 is 2.47 bits per heavy atom. The molecular weight excluding hydrogens is 396 g/mol. The van der Waals surface area contributed by atoms with Gasteiger partial charge in [-0.25, -0.2) is 9.97 Å². The van der Waals surface area contributed by atoms with Gasteiger partial charge < -0.3 is 20.4 Å². The van der Waals surface area contributed by atoms with Crippen LogP contribution in [-0.4, -0.2) is 50.2 Å². The zero-order valence-corrected chi connectivity index (χ0v) is 19.5. The highest BCUT2D eigenvalue weighted by Crippen LogP contribution is 2.43. The third-order valence-corrected chi connectivity index (χ3v) is 6.95. The van der Waals surface area contributed by atoms with Gasteiger partial charge in [0.2, 0.25) is 5.95 Å². The molecule has 1 saturated carbocycles. The summed E-state index contributed by atoms with van der Waals surface area (Å²) in [6.07, 6.45) is 7.11. The van der Waals surface area contributed by atoms with Gasteiger partial charge in [-0.3, -0.25) is 0 Å². The van der Waals surface area contributed by atoms with Crippen LogP contribution in [-0.2, 0) is 0 Å². The first-order valence-electron chi connectivity index (χ1n) is 11.9. The summed E-state index contributed by atoms with van der Waals surface area (Å²) < 4.78 is 0. The van der Waals surface area contributed by atoms with Gasteiger partial charge in [-0.2, -0.15) is 0 Å². The fourth-order valence-corrected chi connectivity index (χ4v) is 5.21. The molecule has 2 aliphatic rings. The Morgan fingerprint density at radius 2 is 1.78 bits per heavy atom. The molecular formula is C26H34N6. The van der Waals surface area contributed by atoms with Crippen molar-refractivity contribution >= 4 is 33.9 Å². The molecule has 2 N–H and O–H groups in total. The maximum Gasteiger partial charge on any atom is 0.227 e. The van der Waals surface area contributed by atoms with Gasteiger partial charge in [0.15, 0.2) is 0 Å². The summed E-state index contributed by atoms with van der Waals surface area (Å²) in [5.41, 5.74) is 7.32. The maximum atomic E-state index is 5.06. The minimum absolute atomic E-state index is 0.580. The molecule has 32 heavy (non-hydrogen) atoms. The summed E-state index contributed by atoms with van der Waals surface area (Å²) in [7, 11) is 4.28. The van der Waals surface area contributed by atoms with Gasteiger partial charge >= 0.3 is 0 Å². The van der Waals surface area contributed by atoms with Crippen LogP contribution in [0.5, 0.6) is 0 Å². The molecule has 2 aromatic carbocycles. The predicted molar refractivity (Wildman–Crippen MR) is 135 cm³/mol. The Hall–Kier alpha value is -2.86. The van der Waals surface area contributed by atoms with Crippen molar-refractivity contribution in [3.63, 3.8) is 0 Å². The van der Waals surface area contributed by atoms with E-state index < -0.39 is 0 Å². The molecule has 2 fully saturated rings. The molecule has 5 rings (SSSR count). The van der Waals surface area contributed by atoms with Crippen LogP contribution in [0.1, 0.15) is 42.7 Å². The Balaban J connectivity index is 1.47. The molecule has 1 aliphatic carbocycles. The number of rotatable bonds is 5. The first-order valence-corrected chi connectivity index (χ1v) is 11.9. The second kappa shape index (κ2) is 8.94. The smallest absolute Gasteiger partial charge is 0.227 e. The summed E-state index contributed by atoms with van der Waals surface area (Å²) in [5, 5.41) is 8.02. The van der Waals surface area contributed by atoms with E-state index in [9.17, 15) is 0 Å². The fourth-order valence-electron chi connectivity index (χ4n) is 5.21. The molecule has 0 atom stereocenters. The second-order valence-corrected chi connectivity index (χ2v) is 9.37. The average molecular weight is 431 g/mol. The van der Waals surface area contributed by atoms with Gasteiger partial charge in [-0.05, 0) is 61.6 Å². The van der Waals surface area contributed by atoms with Crippen molar-refractivity contribution in [2.75, 3.05) is 55.4 Å². The minimum Gasteiger partial charge on any atom is -0.377 e. The number of nitrogens with zero attached hydrogens (tertiary/aromatic N) is 4. The molecule has 6 heteroatoms. The molecule has 0 unspecified atom stereocenters. The van der Waals surface area contributed by atoms with E-state index in [0.717, 1.165) is 42.8 Å². The van der Waals surface area contributed by atoms with Crippen LogP contribution < -0.4 is 20.4 Å². The largest absolute Gasteiger partial charge is 0.377 e. The van der Waals surface area contributed by atoms with Crippen molar-refractivity contribution in [3.05, 3.63) is 47.7 Å². The molecule has 6 nitrogen and oxygen atoms in total. The molecule has 0 amide bonds. The molecule has 1 aliphatic heterocycles. The van der Waals surface area contributed by atoms with E-state index in [2.05, 4.69) is 76.8 Å². The molecule has 0 bridgehead atoms. The van der Waals surface area contributed by atoms with Crippen LogP contribution >= 0.6 is 0 Å². The Morgan fingerprint density at radius 1 is 1.06 bits per heavy atom. The average Bonchev–Trinajstić information content (AvgIpc) is 3.34. The molecule has 168 valence electrons. The fraction of sp³-hybridized carbons (Fsp3) is 0.462.